The molecule has 0 spiro atoms. The molecule has 0 amide bonds. The van der Waals surface area contributed by atoms with Gasteiger partial charge in [0, 0.05) is 6.07 Å². The van der Waals surface area contributed by atoms with Gasteiger partial charge in [-0.3, -0.25) is 10.1 Å². The van der Waals surface area contributed by atoms with Gasteiger partial charge in [0.1, 0.15) is 0 Å². The van der Waals surface area contributed by atoms with Gasteiger partial charge in [-0.2, -0.15) is 0 Å². The summed E-state index contributed by atoms with van der Waals surface area (Å²) >= 11 is 0. The number of hydrogen-bond donors (Lipinski definition) is 1. The first-order valence-corrected chi connectivity index (χ1v) is 6.69. The van der Waals surface area contributed by atoms with E-state index in [9.17, 15) is 14.9 Å². The first kappa shape index (κ1) is 12.9. The lowest BCUT2D eigenvalue weighted by atomic mass is 9.91. The fraction of sp³-hybridized carbons (Fsp3) is 0.500. The van der Waals surface area contributed by atoms with Crippen LogP contribution in [0.1, 0.15) is 49.1 Å². The Bertz CT molecular complexity index is 597. The lowest BCUT2D eigenvalue weighted by Crippen LogP contribution is -2.23. The number of hydrogen-bond acceptors (Lipinski definition) is 4. The summed E-state index contributed by atoms with van der Waals surface area (Å²) in [5.41, 5.74) is 2.01. The maximum Gasteiger partial charge on any atom is 0.344 e. The van der Waals surface area contributed by atoms with Crippen LogP contribution in [0, 0.1) is 10.1 Å². The van der Waals surface area contributed by atoms with Crippen molar-refractivity contribution < 1.29 is 19.6 Å². The number of carbonyl (C=O) groups is 1. The van der Waals surface area contributed by atoms with E-state index in [0.29, 0.717) is 11.8 Å². The van der Waals surface area contributed by atoms with Crippen LogP contribution in [-0.4, -0.2) is 22.1 Å². The number of nitrogens with zero attached hydrogens (tertiary/aromatic N) is 1. The molecule has 20 heavy (non-hydrogen) atoms. The highest BCUT2D eigenvalue weighted by Crippen LogP contribution is 2.55. The molecule has 0 heterocycles. The van der Waals surface area contributed by atoms with Crippen LogP contribution in [0.2, 0.25) is 0 Å². The average Bonchev–Trinajstić information content (AvgIpc) is 2.98. The number of aliphatic carboxylic acids is 1. The van der Waals surface area contributed by atoms with E-state index >= 15 is 0 Å². The molecule has 0 aliphatic heterocycles. The number of nitro groups is 1. The number of nitro benzene ring substituents is 1. The van der Waals surface area contributed by atoms with Crippen LogP contribution in [0.15, 0.2) is 12.1 Å². The Morgan fingerprint density at radius 3 is 2.55 bits per heavy atom. The van der Waals surface area contributed by atoms with E-state index in [0.717, 1.165) is 30.4 Å². The van der Waals surface area contributed by atoms with Crippen molar-refractivity contribution in [3.8, 4) is 5.75 Å². The van der Waals surface area contributed by atoms with Gasteiger partial charge < -0.3 is 9.84 Å². The van der Waals surface area contributed by atoms with Gasteiger partial charge in [0.15, 0.2) is 11.9 Å². The summed E-state index contributed by atoms with van der Waals surface area (Å²) in [7, 11) is 0. The van der Waals surface area contributed by atoms with Crippen molar-refractivity contribution in [3.05, 3.63) is 33.4 Å². The van der Waals surface area contributed by atoms with E-state index in [1.165, 1.54) is 6.92 Å². The molecule has 3 rings (SSSR count). The maximum atomic E-state index is 11.2. The van der Waals surface area contributed by atoms with Gasteiger partial charge in [0.25, 0.3) is 0 Å². The van der Waals surface area contributed by atoms with Gasteiger partial charge >= 0.3 is 11.7 Å². The lowest BCUT2D eigenvalue weighted by molar-refractivity contribution is -0.386. The van der Waals surface area contributed by atoms with Gasteiger partial charge in [0.2, 0.25) is 0 Å². The number of carboxylic acid groups (broad SMARTS) is 1. The van der Waals surface area contributed by atoms with Crippen LogP contribution < -0.4 is 4.74 Å². The van der Waals surface area contributed by atoms with Gasteiger partial charge in [-0.05, 0) is 55.2 Å². The summed E-state index contributed by atoms with van der Waals surface area (Å²) in [5.74, 6) is -0.213. The Morgan fingerprint density at radius 1 is 1.40 bits per heavy atom. The molecule has 0 saturated heterocycles. The molecular formula is C14H15NO5. The second-order valence-corrected chi connectivity index (χ2v) is 5.51. The molecule has 2 aliphatic carbocycles. The number of ether oxygens (including phenoxy) is 1. The SMILES string of the molecule is CC(Oc1cc2c(cc1[N+](=O)[O-])C1CCC2C1)C(=O)O. The lowest BCUT2D eigenvalue weighted by Gasteiger charge is -2.17. The molecule has 6 nitrogen and oxygen atoms in total. The van der Waals surface area contributed by atoms with E-state index in [1.807, 2.05) is 0 Å². The van der Waals surface area contributed by atoms with Crippen LogP contribution in [0.3, 0.4) is 0 Å². The second-order valence-electron chi connectivity index (χ2n) is 5.51. The van der Waals surface area contributed by atoms with Crippen molar-refractivity contribution >= 4 is 11.7 Å². The Kier molecular flexibility index (Phi) is 2.88. The first-order chi connectivity index (χ1) is 9.47. The van der Waals surface area contributed by atoms with Crippen molar-refractivity contribution in [3.63, 3.8) is 0 Å². The molecule has 1 N–H and O–H groups in total. The van der Waals surface area contributed by atoms with Crippen molar-refractivity contribution in [2.45, 2.75) is 44.1 Å². The summed E-state index contributed by atoms with van der Waals surface area (Å²) in [6, 6.07) is 3.25. The van der Waals surface area contributed by atoms with E-state index in [4.69, 9.17) is 9.84 Å². The van der Waals surface area contributed by atoms with Crippen molar-refractivity contribution in [2.75, 3.05) is 0 Å². The minimum absolute atomic E-state index is 0.0659. The minimum Gasteiger partial charge on any atom is -0.479 e. The minimum atomic E-state index is -1.14. The molecule has 1 aromatic rings. The number of fused-ring (bicyclic) bond motifs is 5. The van der Waals surface area contributed by atoms with Gasteiger partial charge in [-0.25, -0.2) is 4.79 Å². The molecule has 2 aliphatic rings. The average molecular weight is 277 g/mol. The number of benzene rings is 1. The smallest absolute Gasteiger partial charge is 0.344 e. The molecule has 1 fully saturated rings. The van der Waals surface area contributed by atoms with Crippen LogP contribution in [0.4, 0.5) is 5.69 Å². The Balaban J connectivity index is 2.02. The summed E-state index contributed by atoms with van der Waals surface area (Å²) in [6.07, 6.45) is 2.12. The standard InChI is InChI=1S/C14H15NO5/c1-7(14(16)17)20-13-6-11-9-3-2-8(4-9)10(11)5-12(13)15(18)19/h5-9H,2-4H2,1H3,(H,16,17). The third-order valence-electron chi connectivity index (χ3n) is 4.33. The molecule has 1 aromatic carbocycles. The van der Waals surface area contributed by atoms with Crippen LogP contribution in [0.5, 0.6) is 5.75 Å². The maximum absolute atomic E-state index is 11.2. The van der Waals surface area contributed by atoms with Crippen molar-refractivity contribution in [2.24, 2.45) is 0 Å². The van der Waals surface area contributed by atoms with Crippen LogP contribution in [-0.2, 0) is 4.79 Å². The monoisotopic (exact) mass is 277 g/mol. The summed E-state index contributed by atoms with van der Waals surface area (Å²) in [6.45, 7) is 1.37. The molecule has 1 saturated carbocycles. The molecule has 0 aromatic heterocycles. The largest absolute Gasteiger partial charge is 0.479 e. The van der Waals surface area contributed by atoms with Crippen molar-refractivity contribution in [1.29, 1.82) is 0 Å². The first-order valence-electron chi connectivity index (χ1n) is 6.69. The van der Waals surface area contributed by atoms with E-state index < -0.39 is 17.0 Å². The zero-order valence-corrected chi connectivity index (χ0v) is 11.0. The molecule has 2 bridgehead atoms. The topological polar surface area (TPSA) is 89.7 Å². The summed E-state index contributed by atoms with van der Waals surface area (Å²) in [5, 5.41) is 20.0. The summed E-state index contributed by atoms with van der Waals surface area (Å²) < 4.78 is 5.26. The van der Waals surface area contributed by atoms with E-state index in [2.05, 4.69) is 0 Å². The normalized spacial score (nSPS) is 24.2. The fourth-order valence-electron chi connectivity index (χ4n) is 3.33. The molecule has 0 radical (unpaired) electrons. The zero-order valence-electron chi connectivity index (χ0n) is 11.0. The predicted molar refractivity (Wildman–Crippen MR) is 70.2 cm³/mol. The molecule has 3 unspecified atom stereocenters. The highest BCUT2D eigenvalue weighted by molar-refractivity contribution is 5.72. The van der Waals surface area contributed by atoms with Gasteiger partial charge in [0.05, 0.1) is 4.92 Å². The Hall–Kier alpha value is -2.11. The Labute approximate surface area is 115 Å². The van der Waals surface area contributed by atoms with Crippen LogP contribution in [0.25, 0.3) is 0 Å². The number of rotatable bonds is 4. The molecule has 6 heteroatoms. The molecule has 3 atom stereocenters. The number of carboxylic acids is 1. The van der Waals surface area contributed by atoms with E-state index in [-0.39, 0.29) is 11.4 Å². The molecular weight excluding hydrogens is 262 g/mol. The third kappa shape index (κ3) is 1.92. The van der Waals surface area contributed by atoms with E-state index in [1.54, 1.807) is 12.1 Å². The second kappa shape index (κ2) is 4.47. The zero-order chi connectivity index (χ0) is 14.4. The Morgan fingerprint density at radius 2 is 2.00 bits per heavy atom. The fourth-order valence-corrected chi connectivity index (χ4v) is 3.33. The van der Waals surface area contributed by atoms with Gasteiger partial charge in [-0.15, -0.1) is 0 Å². The predicted octanol–water partition coefficient (Wildman–Crippen LogP) is 2.81. The highest BCUT2D eigenvalue weighted by Gasteiger charge is 2.39. The quantitative estimate of drug-likeness (QED) is 0.675. The van der Waals surface area contributed by atoms with Crippen molar-refractivity contribution in [1.82, 2.24) is 0 Å². The molecule has 106 valence electrons. The summed E-state index contributed by atoms with van der Waals surface area (Å²) in [4.78, 5) is 21.5. The third-order valence-corrected chi connectivity index (χ3v) is 4.33. The highest BCUT2D eigenvalue weighted by atomic mass is 16.6. The van der Waals surface area contributed by atoms with Gasteiger partial charge in [-0.1, -0.05) is 0 Å². The van der Waals surface area contributed by atoms with Crippen LogP contribution >= 0.6 is 0 Å².